The van der Waals surface area contributed by atoms with Gasteiger partial charge in [-0.1, -0.05) is 11.6 Å². The van der Waals surface area contributed by atoms with Gasteiger partial charge in [-0.3, -0.25) is 9.59 Å². The van der Waals surface area contributed by atoms with E-state index in [1.807, 2.05) is 5.38 Å². The fourth-order valence-electron chi connectivity index (χ4n) is 2.21. The van der Waals surface area contributed by atoms with Gasteiger partial charge in [-0.05, 0) is 42.1 Å². The van der Waals surface area contributed by atoms with Crippen LogP contribution in [0, 0.1) is 5.92 Å². The lowest BCUT2D eigenvalue weighted by atomic mass is 9.94. The number of Topliss-reactive ketones (excluding diaryl/α,β-unsaturated/α-hetero) is 2. The molecule has 0 saturated carbocycles. The molecular weight excluding hydrogens is 268 g/mol. The molecule has 1 aliphatic rings. The maximum absolute atomic E-state index is 12.3. The molecule has 18 heavy (non-hydrogen) atoms. The lowest BCUT2D eigenvalue weighted by Gasteiger charge is -2.07. The van der Waals surface area contributed by atoms with Crippen molar-refractivity contribution in [2.45, 2.75) is 6.42 Å². The second-order valence-electron chi connectivity index (χ2n) is 4.25. The highest BCUT2D eigenvalue weighted by Crippen LogP contribution is 2.32. The quantitative estimate of drug-likeness (QED) is 0.620. The van der Waals surface area contributed by atoms with E-state index < -0.39 is 5.92 Å². The summed E-state index contributed by atoms with van der Waals surface area (Å²) in [7, 11) is 0. The van der Waals surface area contributed by atoms with Crippen LogP contribution in [0.4, 0.5) is 0 Å². The van der Waals surface area contributed by atoms with Crippen LogP contribution in [0.15, 0.2) is 35.7 Å². The SMILES string of the molecule is O=C(c1ccc(Cl)cc1)C1Cc2sccc2C1=O. The topological polar surface area (TPSA) is 34.1 Å². The van der Waals surface area contributed by atoms with E-state index in [2.05, 4.69) is 0 Å². The Morgan fingerprint density at radius 1 is 1.22 bits per heavy atom. The van der Waals surface area contributed by atoms with Crippen LogP contribution in [-0.4, -0.2) is 11.6 Å². The maximum Gasteiger partial charge on any atom is 0.175 e. The second kappa shape index (κ2) is 4.34. The number of fused-ring (bicyclic) bond motifs is 1. The van der Waals surface area contributed by atoms with E-state index >= 15 is 0 Å². The van der Waals surface area contributed by atoms with Crippen LogP contribution in [-0.2, 0) is 6.42 Å². The fraction of sp³-hybridized carbons (Fsp3) is 0.143. The third kappa shape index (κ3) is 1.80. The Hall–Kier alpha value is -1.45. The molecule has 0 spiro atoms. The first kappa shape index (κ1) is 11.6. The van der Waals surface area contributed by atoms with Crippen LogP contribution in [0.5, 0.6) is 0 Å². The van der Waals surface area contributed by atoms with Crippen LogP contribution in [0.2, 0.25) is 5.02 Å². The van der Waals surface area contributed by atoms with Gasteiger partial charge in [0.15, 0.2) is 11.6 Å². The Kier molecular flexibility index (Phi) is 2.80. The van der Waals surface area contributed by atoms with Crippen LogP contribution in [0.3, 0.4) is 0 Å². The Morgan fingerprint density at radius 2 is 1.94 bits per heavy atom. The molecule has 1 heterocycles. The number of hydrogen-bond acceptors (Lipinski definition) is 3. The minimum absolute atomic E-state index is 0.0498. The van der Waals surface area contributed by atoms with Crippen LogP contribution < -0.4 is 0 Å². The highest BCUT2D eigenvalue weighted by molar-refractivity contribution is 7.10. The first-order chi connectivity index (χ1) is 8.66. The highest BCUT2D eigenvalue weighted by atomic mass is 35.5. The number of rotatable bonds is 2. The standard InChI is InChI=1S/C14H9ClO2S/c15-9-3-1-8(2-4-9)13(16)11-7-12-10(14(11)17)5-6-18-12/h1-6,11H,7H2. The van der Waals surface area contributed by atoms with E-state index in [1.165, 1.54) is 0 Å². The molecule has 1 aromatic carbocycles. The molecule has 2 aromatic rings. The Bertz CT molecular complexity index is 627. The molecular formula is C14H9ClO2S. The molecule has 0 fully saturated rings. The zero-order valence-corrected chi connectivity index (χ0v) is 10.9. The average molecular weight is 277 g/mol. The summed E-state index contributed by atoms with van der Waals surface area (Å²) in [5.41, 5.74) is 1.26. The molecule has 90 valence electrons. The molecule has 1 unspecified atom stereocenters. The number of hydrogen-bond donors (Lipinski definition) is 0. The van der Waals surface area contributed by atoms with E-state index in [4.69, 9.17) is 11.6 Å². The van der Waals surface area contributed by atoms with E-state index in [0.717, 1.165) is 4.88 Å². The lowest BCUT2D eigenvalue weighted by molar-refractivity contribution is 0.0822. The Balaban J connectivity index is 1.89. The zero-order chi connectivity index (χ0) is 12.7. The maximum atomic E-state index is 12.3. The summed E-state index contributed by atoms with van der Waals surface area (Å²) in [6.07, 6.45) is 0.535. The lowest BCUT2D eigenvalue weighted by Crippen LogP contribution is -2.20. The van der Waals surface area contributed by atoms with Crippen molar-refractivity contribution >= 4 is 34.5 Å². The van der Waals surface area contributed by atoms with Gasteiger partial charge in [0.1, 0.15) is 0 Å². The third-order valence-corrected chi connectivity index (χ3v) is 4.36. The van der Waals surface area contributed by atoms with Crippen molar-refractivity contribution in [2.75, 3.05) is 0 Å². The van der Waals surface area contributed by atoms with Crippen molar-refractivity contribution in [1.82, 2.24) is 0 Å². The Morgan fingerprint density at radius 3 is 2.61 bits per heavy atom. The second-order valence-corrected chi connectivity index (χ2v) is 5.69. The van der Waals surface area contributed by atoms with Crippen molar-refractivity contribution < 1.29 is 9.59 Å². The smallest absolute Gasteiger partial charge is 0.175 e. The molecule has 0 aliphatic heterocycles. The van der Waals surface area contributed by atoms with Gasteiger partial charge in [-0.2, -0.15) is 0 Å². The van der Waals surface area contributed by atoms with Gasteiger partial charge in [0, 0.05) is 21.0 Å². The van der Waals surface area contributed by atoms with E-state index in [-0.39, 0.29) is 11.6 Å². The molecule has 0 saturated heterocycles. The van der Waals surface area contributed by atoms with Gasteiger partial charge in [-0.25, -0.2) is 0 Å². The predicted molar refractivity (Wildman–Crippen MR) is 71.6 cm³/mol. The van der Waals surface area contributed by atoms with Crippen molar-refractivity contribution in [3.8, 4) is 0 Å². The number of halogens is 1. The summed E-state index contributed by atoms with van der Waals surface area (Å²) in [6.45, 7) is 0. The Labute approximate surface area is 113 Å². The van der Waals surface area contributed by atoms with Crippen LogP contribution in [0.25, 0.3) is 0 Å². The van der Waals surface area contributed by atoms with Crippen molar-refractivity contribution in [1.29, 1.82) is 0 Å². The molecule has 4 heteroatoms. The number of ketones is 2. The highest BCUT2D eigenvalue weighted by Gasteiger charge is 2.36. The predicted octanol–water partition coefficient (Wildman–Crippen LogP) is 3.64. The first-order valence-electron chi connectivity index (χ1n) is 5.57. The van der Waals surface area contributed by atoms with Gasteiger partial charge in [0.05, 0.1) is 5.92 Å². The molecule has 2 nitrogen and oxygen atoms in total. The number of carbonyl (C=O) groups excluding carboxylic acids is 2. The molecule has 0 radical (unpaired) electrons. The van der Waals surface area contributed by atoms with Gasteiger partial charge in [-0.15, -0.1) is 11.3 Å². The molecule has 1 atom stereocenters. The van der Waals surface area contributed by atoms with Gasteiger partial charge >= 0.3 is 0 Å². The van der Waals surface area contributed by atoms with Gasteiger partial charge < -0.3 is 0 Å². The third-order valence-electron chi connectivity index (χ3n) is 3.16. The molecule has 0 N–H and O–H groups in total. The normalized spacial score (nSPS) is 17.8. The summed E-state index contributed by atoms with van der Waals surface area (Å²) in [5, 5.41) is 2.48. The van der Waals surface area contributed by atoms with Crippen molar-refractivity contribution in [2.24, 2.45) is 5.92 Å². The molecule has 3 rings (SSSR count). The van der Waals surface area contributed by atoms with Crippen molar-refractivity contribution in [3.63, 3.8) is 0 Å². The zero-order valence-electron chi connectivity index (χ0n) is 9.35. The summed E-state index contributed by atoms with van der Waals surface area (Å²) in [6, 6.07) is 8.49. The number of benzene rings is 1. The largest absolute Gasteiger partial charge is 0.293 e. The van der Waals surface area contributed by atoms with Crippen molar-refractivity contribution in [3.05, 3.63) is 56.7 Å². The fourth-order valence-corrected chi connectivity index (χ4v) is 3.26. The average Bonchev–Trinajstić information content (AvgIpc) is 2.93. The van der Waals surface area contributed by atoms with E-state index in [9.17, 15) is 9.59 Å². The number of thiophene rings is 1. The molecule has 1 aromatic heterocycles. The summed E-state index contributed by atoms with van der Waals surface area (Å²) in [5.74, 6) is -0.708. The molecule has 1 aliphatic carbocycles. The van der Waals surface area contributed by atoms with E-state index in [0.29, 0.717) is 22.6 Å². The summed E-state index contributed by atoms with van der Waals surface area (Å²) in [4.78, 5) is 25.4. The van der Waals surface area contributed by atoms with Gasteiger partial charge in [0.2, 0.25) is 0 Å². The number of carbonyl (C=O) groups is 2. The van der Waals surface area contributed by atoms with Gasteiger partial charge in [0.25, 0.3) is 0 Å². The van der Waals surface area contributed by atoms with Crippen LogP contribution >= 0.6 is 22.9 Å². The molecule has 0 bridgehead atoms. The van der Waals surface area contributed by atoms with Crippen LogP contribution in [0.1, 0.15) is 25.6 Å². The monoisotopic (exact) mass is 276 g/mol. The summed E-state index contributed by atoms with van der Waals surface area (Å²) >= 11 is 7.32. The summed E-state index contributed by atoms with van der Waals surface area (Å²) < 4.78 is 0. The molecule has 0 amide bonds. The first-order valence-corrected chi connectivity index (χ1v) is 6.83. The minimum atomic E-state index is -0.548. The minimum Gasteiger partial charge on any atom is -0.293 e. The van der Waals surface area contributed by atoms with E-state index in [1.54, 1.807) is 41.7 Å².